The van der Waals surface area contributed by atoms with Crippen LogP contribution in [0.15, 0.2) is 0 Å². The number of hydrogen-bond acceptors (Lipinski definition) is 8. The molecule has 4 aliphatic rings. The first-order chi connectivity index (χ1) is 16.9. The van der Waals surface area contributed by atoms with Gasteiger partial charge in [0.1, 0.15) is 13.2 Å². The van der Waals surface area contributed by atoms with Crippen LogP contribution in [0.1, 0.15) is 40.0 Å². The van der Waals surface area contributed by atoms with Crippen LogP contribution in [0.5, 0.6) is 0 Å². The van der Waals surface area contributed by atoms with Gasteiger partial charge in [0.05, 0.1) is 19.3 Å². The number of rotatable bonds is 11. The lowest BCUT2D eigenvalue weighted by Gasteiger charge is -2.48. The molecule has 36 heavy (non-hydrogen) atoms. The van der Waals surface area contributed by atoms with Crippen molar-refractivity contribution in [3.63, 3.8) is 0 Å². The summed E-state index contributed by atoms with van der Waals surface area (Å²) in [5.74, 6) is 0. The zero-order valence-corrected chi connectivity index (χ0v) is 23.4. The Morgan fingerprint density at radius 3 is 2.33 bits per heavy atom. The second kappa shape index (κ2) is 12.8. The van der Waals surface area contributed by atoms with Crippen LogP contribution in [0.25, 0.3) is 0 Å². The van der Waals surface area contributed by atoms with E-state index in [0.717, 1.165) is 58.5 Å². The Labute approximate surface area is 217 Å². The fourth-order valence-corrected chi connectivity index (χ4v) is 6.40. The van der Waals surface area contributed by atoms with Crippen molar-refractivity contribution >= 4 is 12.2 Å². The van der Waals surface area contributed by atoms with Gasteiger partial charge in [-0.2, -0.15) is 0 Å². The first kappa shape index (κ1) is 28.9. The molecule has 4 rings (SSSR count). The van der Waals surface area contributed by atoms with Crippen LogP contribution in [0.2, 0.25) is 0 Å². The molecule has 0 aromatic rings. The molecule has 1 N–H and O–H groups in total. The topological polar surface area (TPSA) is 86.8 Å². The Morgan fingerprint density at radius 2 is 1.69 bits per heavy atom. The van der Waals surface area contributed by atoms with Crippen molar-refractivity contribution in [3.05, 3.63) is 0 Å². The third kappa shape index (κ3) is 9.04. The number of amides is 2. The summed E-state index contributed by atoms with van der Waals surface area (Å²) in [5.41, 5.74) is -0.101. The molecule has 2 amide bonds. The Hall–Kier alpha value is -1.62. The van der Waals surface area contributed by atoms with Crippen LogP contribution < -0.4 is 5.32 Å². The molecule has 2 bridgehead atoms. The number of piperazine rings is 3. The fourth-order valence-electron chi connectivity index (χ4n) is 6.40. The highest BCUT2D eigenvalue weighted by molar-refractivity contribution is 5.68. The predicted molar refractivity (Wildman–Crippen MR) is 139 cm³/mol. The molecule has 0 aromatic carbocycles. The molecule has 0 aromatic heterocycles. The molecule has 3 heterocycles. The van der Waals surface area contributed by atoms with E-state index in [1.165, 1.54) is 0 Å². The lowest BCUT2D eigenvalue weighted by atomic mass is 9.62. The number of carbonyl (C=O) groups is 2. The van der Waals surface area contributed by atoms with Crippen molar-refractivity contribution in [2.75, 3.05) is 93.4 Å². The average Bonchev–Trinajstić information content (AvgIpc) is 2.78. The van der Waals surface area contributed by atoms with E-state index in [1.54, 1.807) is 4.90 Å². The molecular weight excluding hydrogens is 462 g/mol. The first-order valence-electron chi connectivity index (χ1n) is 13.4. The minimum atomic E-state index is -0.406. The summed E-state index contributed by atoms with van der Waals surface area (Å²) in [4.78, 5) is 33.9. The number of nitrogens with one attached hydrogen (secondary N) is 1. The van der Waals surface area contributed by atoms with Crippen molar-refractivity contribution in [2.24, 2.45) is 10.8 Å². The Bertz CT molecular complexity index is 728. The molecule has 10 nitrogen and oxygen atoms in total. The zero-order chi connectivity index (χ0) is 26.3. The van der Waals surface area contributed by atoms with E-state index >= 15 is 0 Å². The Morgan fingerprint density at radius 1 is 0.972 bits per heavy atom. The predicted octanol–water partition coefficient (Wildman–Crippen LogP) is 1.94. The number of hydrogen-bond donors (Lipinski definition) is 1. The van der Waals surface area contributed by atoms with Gasteiger partial charge < -0.3 is 29.3 Å². The highest BCUT2D eigenvalue weighted by Crippen LogP contribution is 2.46. The van der Waals surface area contributed by atoms with Crippen molar-refractivity contribution in [2.45, 2.75) is 52.1 Å². The zero-order valence-electron chi connectivity index (χ0n) is 23.4. The fraction of sp³-hybridized carbons (Fsp3) is 0.923. The van der Waals surface area contributed by atoms with E-state index in [0.29, 0.717) is 32.4 Å². The summed E-state index contributed by atoms with van der Waals surface area (Å²) in [7, 11) is 5.80. The van der Waals surface area contributed by atoms with Gasteiger partial charge >= 0.3 is 12.2 Å². The summed E-state index contributed by atoms with van der Waals surface area (Å²) < 4.78 is 16.6. The van der Waals surface area contributed by atoms with Gasteiger partial charge in [0.2, 0.25) is 0 Å². The van der Waals surface area contributed by atoms with Gasteiger partial charge in [-0.25, -0.2) is 9.59 Å². The first-order valence-corrected chi connectivity index (χ1v) is 13.4. The summed E-state index contributed by atoms with van der Waals surface area (Å²) in [5, 5.41) is 3.06. The van der Waals surface area contributed by atoms with Crippen molar-refractivity contribution in [1.82, 2.24) is 24.9 Å². The molecule has 1 saturated carbocycles. The van der Waals surface area contributed by atoms with E-state index in [2.05, 4.69) is 35.9 Å². The van der Waals surface area contributed by atoms with Crippen molar-refractivity contribution in [1.29, 1.82) is 0 Å². The summed E-state index contributed by atoms with van der Waals surface area (Å²) in [6.45, 7) is 15.1. The molecule has 10 heteroatoms. The number of alkyl carbamates (subject to hydrolysis) is 1. The average molecular weight is 512 g/mol. The maximum atomic E-state index is 12.8. The van der Waals surface area contributed by atoms with Crippen molar-refractivity contribution in [3.8, 4) is 0 Å². The van der Waals surface area contributed by atoms with E-state index in [9.17, 15) is 9.59 Å². The van der Waals surface area contributed by atoms with Crippen LogP contribution in [-0.4, -0.2) is 137 Å². The normalized spacial score (nSPS) is 31.2. The lowest BCUT2D eigenvalue weighted by Crippen LogP contribution is -2.62. The van der Waals surface area contributed by atoms with Gasteiger partial charge in [-0.1, -0.05) is 20.8 Å². The minimum absolute atomic E-state index is 0.00929. The second-order valence-electron chi connectivity index (χ2n) is 12.4. The maximum Gasteiger partial charge on any atom is 0.409 e. The number of ether oxygens (including phenoxy) is 3. The van der Waals surface area contributed by atoms with Gasteiger partial charge in [0, 0.05) is 58.9 Å². The Balaban J connectivity index is 1.42. The third-order valence-electron chi connectivity index (χ3n) is 7.63. The van der Waals surface area contributed by atoms with Crippen LogP contribution in [0, 0.1) is 10.8 Å². The molecule has 3 aliphatic heterocycles. The molecule has 0 spiro atoms. The molecule has 3 saturated heterocycles. The van der Waals surface area contributed by atoms with Crippen LogP contribution in [-0.2, 0) is 14.2 Å². The van der Waals surface area contributed by atoms with Crippen LogP contribution >= 0.6 is 0 Å². The highest BCUT2D eigenvalue weighted by atomic mass is 16.6. The van der Waals surface area contributed by atoms with Crippen molar-refractivity contribution < 1.29 is 23.8 Å². The second-order valence-corrected chi connectivity index (χ2v) is 12.4. The largest absolute Gasteiger partial charge is 0.448 e. The summed E-state index contributed by atoms with van der Waals surface area (Å²) in [6, 6.07) is 0.289. The highest BCUT2D eigenvalue weighted by Gasteiger charge is 2.43. The van der Waals surface area contributed by atoms with Crippen LogP contribution in [0.3, 0.4) is 0 Å². The van der Waals surface area contributed by atoms with Gasteiger partial charge in [-0.15, -0.1) is 0 Å². The number of carbonyl (C=O) groups excluding carboxylic acids is 2. The number of fused-ring (bicyclic) bond motifs is 3. The SMILES string of the molecule is CN(C)CCOCCOC(=O)NC1CC(C)(C)CC(C)(CN(C)C(=O)OCC2CN3CCN2CC3)C1. The molecule has 3 unspecified atom stereocenters. The molecular formula is C26H49N5O5. The maximum absolute atomic E-state index is 12.8. The van der Waals surface area contributed by atoms with Gasteiger partial charge in [-0.05, 0) is 44.2 Å². The van der Waals surface area contributed by atoms with E-state index in [-0.39, 0.29) is 29.6 Å². The molecule has 0 radical (unpaired) electrons. The number of nitrogens with zero attached hydrogens (tertiary/aromatic N) is 4. The summed E-state index contributed by atoms with van der Waals surface area (Å²) >= 11 is 0. The molecule has 1 aliphatic carbocycles. The van der Waals surface area contributed by atoms with E-state index in [4.69, 9.17) is 14.2 Å². The van der Waals surface area contributed by atoms with Gasteiger partial charge in [-0.3, -0.25) is 9.80 Å². The molecule has 3 atom stereocenters. The number of likely N-dealkylation sites (N-methyl/N-ethyl adjacent to an activating group) is 1. The lowest BCUT2D eigenvalue weighted by molar-refractivity contribution is -0.0218. The molecule has 208 valence electrons. The van der Waals surface area contributed by atoms with Gasteiger partial charge in [0.25, 0.3) is 0 Å². The standard InChI is InChI=1S/C26H49N5O5/c1-25(2)15-21(27-23(32)35-14-13-34-12-11-28(4)5)16-26(3,19-25)20-29(6)24(33)36-18-22-17-30-7-9-31(22)10-8-30/h21-22H,7-20H2,1-6H3,(H,27,32). The monoisotopic (exact) mass is 511 g/mol. The molecule has 4 fully saturated rings. The van der Waals surface area contributed by atoms with E-state index < -0.39 is 6.09 Å². The van der Waals surface area contributed by atoms with Gasteiger partial charge in [0.15, 0.2) is 0 Å². The van der Waals surface area contributed by atoms with E-state index in [1.807, 2.05) is 26.0 Å². The van der Waals surface area contributed by atoms with Crippen LogP contribution in [0.4, 0.5) is 9.59 Å². The quantitative estimate of drug-likeness (QED) is 0.421. The smallest absolute Gasteiger partial charge is 0.409 e. The minimum Gasteiger partial charge on any atom is -0.448 e. The third-order valence-corrected chi connectivity index (χ3v) is 7.63. The summed E-state index contributed by atoms with van der Waals surface area (Å²) in [6.07, 6.45) is 1.95. The Kier molecular flexibility index (Phi) is 10.3.